The molecule has 2 saturated carbocycles. The Kier molecular flexibility index (Phi) is 9.83. The van der Waals surface area contributed by atoms with Gasteiger partial charge in [0.05, 0.1) is 12.0 Å². The molecule has 0 unspecified atom stereocenters. The highest BCUT2D eigenvalue weighted by Gasteiger charge is 2.40. The third-order valence-corrected chi connectivity index (χ3v) is 7.79. The number of alkyl halides is 1. The molecule has 0 bridgehead atoms. The molecule has 0 aromatic carbocycles. The lowest BCUT2D eigenvalue weighted by Gasteiger charge is -2.24. The van der Waals surface area contributed by atoms with Crippen LogP contribution in [0.1, 0.15) is 57.8 Å². The van der Waals surface area contributed by atoms with Gasteiger partial charge in [-0.3, -0.25) is 4.79 Å². The number of hydrogen-bond acceptors (Lipinski definition) is 4. The molecule has 4 nitrogen and oxygen atoms in total. The van der Waals surface area contributed by atoms with Crippen LogP contribution in [0.25, 0.3) is 0 Å². The van der Waals surface area contributed by atoms with Gasteiger partial charge < -0.3 is 15.3 Å². The van der Waals surface area contributed by atoms with Gasteiger partial charge in [-0.2, -0.15) is 11.8 Å². The Morgan fingerprint density at radius 2 is 1.96 bits per heavy atom. The molecule has 0 aliphatic heterocycles. The summed E-state index contributed by atoms with van der Waals surface area (Å²) in [6.45, 7) is 0. The Balaban J connectivity index is 1.81. The molecular formula is C20H31BrO4S. The molecule has 3 N–H and O–H groups in total. The number of unbranched alkanes of at least 4 members (excludes halogenated alkanes) is 1. The largest absolute Gasteiger partial charge is 0.481 e. The van der Waals surface area contributed by atoms with Crippen LogP contribution in [-0.2, 0) is 4.79 Å². The zero-order chi connectivity index (χ0) is 18.9. The van der Waals surface area contributed by atoms with Gasteiger partial charge in [-0.25, -0.2) is 0 Å². The van der Waals surface area contributed by atoms with Crippen LogP contribution in [0, 0.1) is 29.6 Å². The summed E-state index contributed by atoms with van der Waals surface area (Å²) < 4.78 is 0. The van der Waals surface area contributed by atoms with E-state index in [0.717, 1.165) is 30.8 Å². The molecule has 5 atom stereocenters. The normalized spacial score (nSPS) is 30.6. The van der Waals surface area contributed by atoms with Crippen LogP contribution in [0.3, 0.4) is 0 Å². The molecule has 0 aromatic rings. The number of carbonyl (C=O) groups is 1. The van der Waals surface area contributed by atoms with Gasteiger partial charge in [0.15, 0.2) is 0 Å². The lowest BCUT2D eigenvalue weighted by Crippen LogP contribution is -2.24. The van der Waals surface area contributed by atoms with Crippen LogP contribution in [0.2, 0.25) is 0 Å². The summed E-state index contributed by atoms with van der Waals surface area (Å²) in [4.78, 5) is 10.8. The minimum Gasteiger partial charge on any atom is -0.481 e. The van der Waals surface area contributed by atoms with E-state index < -0.39 is 18.2 Å². The Hall–Kier alpha value is -0.220. The SMILES string of the molecule is O=C(O)CCCCSC[C@@H]1[C@@H](C#C[C@@H](O)C2CCCCC2)[C@H](O)C[C@@H]1Br. The number of rotatable bonds is 8. The van der Waals surface area contributed by atoms with E-state index in [1.54, 1.807) is 0 Å². The van der Waals surface area contributed by atoms with Crippen molar-refractivity contribution in [2.45, 2.75) is 74.8 Å². The maximum atomic E-state index is 10.5. The molecule has 0 radical (unpaired) electrons. The van der Waals surface area contributed by atoms with Gasteiger partial charge in [-0.05, 0) is 55.4 Å². The Morgan fingerprint density at radius 1 is 1.23 bits per heavy atom. The van der Waals surface area contributed by atoms with E-state index in [1.165, 1.54) is 19.3 Å². The van der Waals surface area contributed by atoms with Gasteiger partial charge in [0.1, 0.15) is 6.10 Å². The molecule has 0 heterocycles. The lowest BCUT2D eigenvalue weighted by atomic mass is 9.85. The number of aliphatic hydroxyl groups is 2. The fraction of sp³-hybridized carbons (Fsp3) is 0.850. The third-order valence-electron chi connectivity index (χ3n) is 5.54. The molecule has 0 aromatic heterocycles. The predicted octanol–water partition coefficient (Wildman–Crippen LogP) is 3.68. The summed E-state index contributed by atoms with van der Waals surface area (Å²) in [6.07, 6.45) is 7.26. The Bertz CT molecular complexity index is 498. The zero-order valence-corrected chi connectivity index (χ0v) is 17.7. The van der Waals surface area contributed by atoms with E-state index in [2.05, 4.69) is 27.8 Å². The molecule has 0 amide bonds. The molecule has 2 aliphatic rings. The number of aliphatic carboxylic acids is 1. The standard InChI is InChI=1S/C20H31BrO4S/c21-17-12-19(23)15(9-10-18(22)14-6-2-1-3-7-14)16(17)13-26-11-5-4-8-20(24)25/h14-19,22-23H,1-8,11-13H2,(H,24,25)/t15-,16-,17+,18-,19-/m1/s1. The van der Waals surface area contributed by atoms with Gasteiger partial charge in [-0.15, -0.1) is 0 Å². The van der Waals surface area contributed by atoms with E-state index in [0.29, 0.717) is 12.8 Å². The summed E-state index contributed by atoms with van der Waals surface area (Å²) in [7, 11) is 0. The lowest BCUT2D eigenvalue weighted by molar-refractivity contribution is -0.137. The highest BCUT2D eigenvalue weighted by atomic mass is 79.9. The maximum Gasteiger partial charge on any atom is 0.303 e. The fourth-order valence-electron chi connectivity index (χ4n) is 3.92. The molecular weight excluding hydrogens is 416 g/mol. The van der Waals surface area contributed by atoms with Gasteiger partial charge in [0.2, 0.25) is 0 Å². The van der Waals surface area contributed by atoms with Gasteiger partial charge >= 0.3 is 5.97 Å². The topological polar surface area (TPSA) is 77.8 Å². The smallest absolute Gasteiger partial charge is 0.303 e. The monoisotopic (exact) mass is 446 g/mol. The third kappa shape index (κ3) is 7.07. The molecule has 148 valence electrons. The summed E-state index contributed by atoms with van der Waals surface area (Å²) in [5.41, 5.74) is 0. The van der Waals surface area contributed by atoms with Crippen LogP contribution >= 0.6 is 27.7 Å². The molecule has 6 heteroatoms. The van der Waals surface area contributed by atoms with Gasteiger partial charge in [-0.1, -0.05) is 47.0 Å². The van der Waals surface area contributed by atoms with Crippen molar-refractivity contribution in [2.24, 2.45) is 17.8 Å². The highest BCUT2D eigenvalue weighted by molar-refractivity contribution is 9.09. The van der Waals surface area contributed by atoms with Crippen molar-refractivity contribution in [1.29, 1.82) is 0 Å². The average molecular weight is 447 g/mol. The number of hydrogen-bond donors (Lipinski definition) is 3. The highest BCUT2D eigenvalue weighted by Crippen LogP contribution is 2.39. The van der Waals surface area contributed by atoms with Gasteiger partial charge in [0, 0.05) is 11.2 Å². The first kappa shape index (κ1) is 22.1. The van der Waals surface area contributed by atoms with Crippen LogP contribution in [0.4, 0.5) is 0 Å². The second-order valence-electron chi connectivity index (χ2n) is 7.57. The minimum atomic E-state index is -0.735. The molecule has 0 saturated heterocycles. The number of carboxylic acid groups (broad SMARTS) is 1. The number of halogens is 1. The van der Waals surface area contributed by atoms with Crippen molar-refractivity contribution in [3.05, 3.63) is 0 Å². The van der Waals surface area contributed by atoms with Crippen LogP contribution < -0.4 is 0 Å². The Labute approximate surface area is 169 Å². The van der Waals surface area contributed by atoms with Crippen molar-refractivity contribution in [3.63, 3.8) is 0 Å². The van der Waals surface area contributed by atoms with Crippen molar-refractivity contribution < 1.29 is 20.1 Å². The molecule has 26 heavy (non-hydrogen) atoms. The Morgan fingerprint density at radius 3 is 2.65 bits per heavy atom. The van der Waals surface area contributed by atoms with Crippen LogP contribution in [0.5, 0.6) is 0 Å². The second-order valence-corrected chi connectivity index (χ2v) is 9.89. The molecule has 2 fully saturated rings. The number of aliphatic hydroxyl groups excluding tert-OH is 2. The van der Waals surface area contributed by atoms with Crippen molar-refractivity contribution in [2.75, 3.05) is 11.5 Å². The van der Waals surface area contributed by atoms with Crippen LogP contribution in [0.15, 0.2) is 0 Å². The molecule has 2 rings (SSSR count). The van der Waals surface area contributed by atoms with E-state index in [-0.39, 0.29) is 29.0 Å². The average Bonchev–Trinajstić information content (AvgIpc) is 2.89. The van der Waals surface area contributed by atoms with Crippen LogP contribution in [-0.4, -0.2) is 49.8 Å². The molecule has 0 spiro atoms. The first-order valence-electron chi connectivity index (χ1n) is 9.80. The first-order valence-corrected chi connectivity index (χ1v) is 11.9. The van der Waals surface area contributed by atoms with E-state index in [4.69, 9.17) is 5.11 Å². The first-order chi connectivity index (χ1) is 12.5. The van der Waals surface area contributed by atoms with E-state index >= 15 is 0 Å². The van der Waals surface area contributed by atoms with Crippen molar-refractivity contribution >= 4 is 33.7 Å². The maximum absolute atomic E-state index is 10.5. The van der Waals surface area contributed by atoms with E-state index in [1.807, 2.05) is 11.8 Å². The summed E-state index contributed by atoms with van der Waals surface area (Å²) >= 11 is 5.50. The van der Waals surface area contributed by atoms with Gasteiger partial charge in [0.25, 0.3) is 0 Å². The molecule has 2 aliphatic carbocycles. The van der Waals surface area contributed by atoms with E-state index in [9.17, 15) is 15.0 Å². The van der Waals surface area contributed by atoms with Crippen molar-refractivity contribution in [3.8, 4) is 11.8 Å². The zero-order valence-electron chi connectivity index (χ0n) is 15.3. The fourth-order valence-corrected chi connectivity index (χ4v) is 6.36. The minimum absolute atomic E-state index is 0.0934. The second kappa shape index (κ2) is 11.6. The number of carboxylic acids is 1. The predicted molar refractivity (Wildman–Crippen MR) is 109 cm³/mol. The quantitative estimate of drug-likeness (QED) is 0.301. The summed E-state index contributed by atoms with van der Waals surface area (Å²) in [5.74, 6) is 7.81. The summed E-state index contributed by atoms with van der Waals surface area (Å²) in [5, 5.41) is 29.4. The van der Waals surface area contributed by atoms with Crippen molar-refractivity contribution in [1.82, 2.24) is 0 Å². The number of thioether (sulfide) groups is 1. The summed E-state index contributed by atoms with van der Waals surface area (Å²) in [6, 6.07) is 0.